The number of ether oxygens (including phenoxy) is 1. The molecule has 2 aromatic carbocycles. The second-order valence-electron chi connectivity index (χ2n) is 5.16. The van der Waals surface area contributed by atoms with Gasteiger partial charge in [0.25, 0.3) is 0 Å². The third kappa shape index (κ3) is 2.97. The van der Waals surface area contributed by atoms with Crippen LogP contribution in [0.1, 0.15) is 5.56 Å². The van der Waals surface area contributed by atoms with Crippen LogP contribution in [0.3, 0.4) is 0 Å². The lowest BCUT2D eigenvalue weighted by atomic mass is 10.1. The fourth-order valence-electron chi connectivity index (χ4n) is 2.25. The van der Waals surface area contributed by atoms with Gasteiger partial charge in [-0.2, -0.15) is 0 Å². The number of hydrogen-bond donors (Lipinski definition) is 2. The molecule has 0 radical (unpaired) electrons. The SMILES string of the molecule is CN(C)S(=O)c1ccc2c(c1)Oc1cc(Br)cc(N)c1C(N)=N2. The number of aliphatic imine (C=N–C) groups is 1. The predicted molar refractivity (Wildman–Crippen MR) is 95.6 cm³/mol. The summed E-state index contributed by atoms with van der Waals surface area (Å²) in [7, 11) is 2.21. The summed E-state index contributed by atoms with van der Waals surface area (Å²) < 4.78 is 20.6. The van der Waals surface area contributed by atoms with E-state index in [2.05, 4.69) is 20.9 Å². The Kier molecular flexibility index (Phi) is 4.13. The van der Waals surface area contributed by atoms with Crippen LogP contribution in [0.5, 0.6) is 11.5 Å². The zero-order valence-electron chi connectivity index (χ0n) is 12.5. The van der Waals surface area contributed by atoms with E-state index in [0.717, 1.165) is 4.47 Å². The number of nitrogens with two attached hydrogens (primary N) is 2. The first-order valence-electron chi connectivity index (χ1n) is 6.71. The number of anilines is 1. The van der Waals surface area contributed by atoms with Crippen LogP contribution < -0.4 is 16.2 Å². The summed E-state index contributed by atoms with van der Waals surface area (Å²) in [5.74, 6) is 1.27. The Labute approximate surface area is 144 Å². The monoisotopic (exact) mass is 394 g/mol. The van der Waals surface area contributed by atoms with E-state index in [1.54, 1.807) is 48.7 Å². The average Bonchev–Trinajstić information content (AvgIpc) is 2.60. The van der Waals surface area contributed by atoms with Crippen LogP contribution in [0.2, 0.25) is 0 Å². The maximum atomic E-state index is 12.2. The molecule has 1 aliphatic rings. The lowest BCUT2D eigenvalue weighted by molar-refractivity contribution is 0.483. The Hall–Kier alpha value is -1.90. The molecule has 0 aromatic heterocycles. The van der Waals surface area contributed by atoms with E-state index in [1.165, 1.54) is 0 Å². The normalized spacial score (nSPS) is 14.3. The van der Waals surface area contributed by atoms with Gasteiger partial charge in [0.15, 0.2) is 5.75 Å². The second-order valence-corrected chi connectivity index (χ2v) is 7.77. The smallest absolute Gasteiger partial charge is 0.154 e. The Morgan fingerprint density at radius 1 is 1.17 bits per heavy atom. The van der Waals surface area contributed by atoms with Gasteiger partial charge in [0.2, 0.25) is 0 Å². The highest BCUT2D eigenvalue weighted by atomic mass is 79.9. The molecule has 0 bridgehead atoms. The Morgan fingerprint density at radius 3 is 2.61 bits per heavy atom. The summed E-state index contributed by atoms with van der Waals surface area (Å²) in [6.07, 6.45) is 0. The van der Waals surface area contributed by atoms with Gasteiger partial charge in [-0.3, -0.25) is 0 Å². The molecular formula is C15H15BrN4O2S. The standard InChI is InChI=1S/C15H15BrN4O2S/c1-20(2)23(21)9-3-4-11-12(7-9)22-13-6-8(16)5-10(17)14(13)15(18)19-11/h3-7H,17H2,1-2H3,(H2,18,19). The number of amidine groups is 1. The van der Waals surface area contributed by atoms with E-state index in [0.29, 0.717) is 33.3 Å². The fraction of sp³-hybridized carbons (Fsp3) is 0.133. The molecule has 1 heterocycles. The Balaban J connectivity index is 2.16. The highest BCUT2D eigenvalue weighted by Crippen LogP contribution is 2.41. The topological polar surface area (TPSA) is 93.9 Å². The molecule has 0 fully saturated rings. The number of rotatable bonds is 2. The largest absolute Gasteiger partial charge is 0.454 e. The van der Waals surface area contributed by atoms with Gasteiger partial charge in [-0.15, -0.1) is 0 Å². The van der Waals surface area contributed by atoms with Crippen LogP contribution in [0, 0.1) is 0 Å². The number of nitrogen functional groups attached to an aromatic ring is 1. The molecule has 0 amide bonds. The molecule has 3 rings (SSSR count). The molecule has 120 valence electrons. The van der Waals surface area contributed by atoms with Gasteiger partial charge in [0.1, 0.15) is 28.3 Å². The van der Waals surface area contributed by atoms with Crippen molar-refractivity contribution in [1.82, 2.24) is 4.31 Å². The van der Waals surface area contributed by atoms with E-state index in [-0.39, 0.29) is 5.84 Å². The summed E-state index contributed by atoms with van der Waals surface area (Å²) in [6, 6.07) is 8.70. The molecule has 4 N–H and O–H groups in total. The Bertz CT molecular complexity index is 852. The van der Waals surface area contributed by atoms with Crippen LogP contribution in [-0.2, 0) is 11.0 Å². The first kappa shape index (κ1) is 16.0. The molecular weight excluding hydrogens is 380 g/mol. The number of halogens is 1. The maximum absolute atomic E-state index is 12.2. The van der Waals surface area contributed by atoms with Gasteiger partial charge in [0, 0.05) is 16.2 Å². The number of hydrogen-bond acceptors (Lipinski definition) is 5. The molecule has 0 spiro atoms. The van der Waals surface area contributed by atoms with Crippen molar-refractivity contribution in [3.05, 3.63) is 40.4 Å². The lowest BCUT2D eigenvalue weighted by Crippen LogP contribution is -2.15. The highest BCUT2D eigenvalue weighted by Gasteiger charge is 2.21. The van der Waals surface area contributed by atoms with Crippen molar-refractivity contribution in [3.8, 4) is 11.5 Å². The molecule has 1 aliphatic heterocycles. The van der Waals surface area contributed by atoms with Crippen molar-refractivity contribution in [1.29, 1.82) is 0 Å². The van der Waals surface area contributed by atoms with Crippen LogP contribution >= 0.6 is 15.9 Å². The molecule has 0 saturated carbocycles. The summed E-state index contributed by atoms with van der Waals surface area (Å²) >= 11 is 3.39. The number of fused-ring (bicyclic) bond motifs is 2. The third-order valence-electron chi connectivity index (χ3n) is 3.28. The third-order valence-corrected chi connectivity index (χ3v) is 5.06. The molecule has 8 heteroatoms. The van der Waals surface area contributed by atoms with Crippen molar-refractivity contribution in [3.63, 3.8) is 0 Å². The van der Waals surface area contributed by atoms with Crippen LogP contribution in [0.15, 0.2) is 44.7 Å². The van der Waals surface area contributed by atoms with Crippen LogP contribution in [-0.4, -0.2) is 28.4 Å². The van der Waals surface area contributed by atoms with E-state index >= 15 is 0 Å². The van der Waals surface area contributed by atoms with Crippen molar-refractivity contribution >= 4 is 44.1 Å². The minimum atomic E-state index is -1.27. The van der Waals surface area contributed by atoms with E-state index in [9.17, 15) is 4.21 Å². The van der Waals surface area contributed by atoms with Crippen molar-refractivity contribution in [2.45, 2.75) is 4.90 Å². The minimum Gasteiger partial charge on any atom is -0.454 e. The molecule has 1 unspecified atom stereocenters. The van der Waals surface area contributed by atoms with Crippen molar-refractivity contribution in [2.24, 2.45) is 10.7 Å². The first-order chi connectivity index (χ1) is 10.9. The molecule has 6 nitrogen and oxygen atoms in total. The molecule has 0 saturated heterocycles. The molecule has 1 atom stereocenters. The fourth-order valence-corrected chi connectivity index (χ4v) is 3.52. The van der Waals surface area contributed by atoms with Gasteiger partial charge in [-0.25, -0.2) is 13.5 Å². The van der Waals surface area contributed by atoms with Crippen LogP contribution in [0.4, 0.5) is 11.4 Å². The molecule has 2 aromatic rings. The summed E-state index contributed by atoms with van der Waals surface area (Å²) in [5, 5.41) is 0. The summed E-state index contributed by atoms with van der Waals surface area (Å²) in [6.45, 7) is 0. The first-order valence-corrected chi connectivity index (χ1v) is 8.61. The van der Waals surface area contributed by atoms with Crippen LogP contribution in [0.25, 0.3) is 0 Å². The average molecular weight is 395 g/mol. The Morgan fingerprint density at radius 2 is 1.91 bits per heavy atom. The zero-order valence-corrected chi connectivity index (χ0v) is 14.9. The maximum Gasteiger partial charge on any atom is 0.154 e. The van der Waals surface area contributed by atoms with E-state index in [4.69, 9.17) is 16.2 Å². The van der Waals surface area contributed by atoms with Crippen molar-refractivity contribution in [2.75, 3.05) is 19.8 Å². The van der Waals surface area contributed by atoms with Gasteiger partial charge in [0.05, 0.1) is 10.5 Å². The van der Waals surface area contributed by atoms with Gasteiger partial charge >= 0.3 is 0 Å². The van der Waals surface area contributed by atoms with Gasteiger partial charge in [-0.05, 0) is 38.4 Å². The number of nitrogens with zero attached hydrogens (tertiary/aromatic N) is 2. The highest BCUT2D eigenvalue weighted by molar-refractivity contribution is 9.10. The lowest BCUT2D eigenvalue weighted by Gasteiger charge is -2.13. The molecule has 23 heavy (non-hydrogen) atoms. The summed E-state index contributed by atoms with van der Waals surface area (Å²) in [4.78, 5) is 5.00. The summed E-state index contributed by atoms with van der Waals surface area (Å²) in [5.41, 5.74) is 13.7. The number of benzene rings is 2. The van der Waals surface area contributed by atoms with Crippen molar-refractivity contribution < 1.29 is 8.95 Å². The predicted octanol–water partition coefficient (Wildman–Crippen LogP) is 2.76. The van der Waals surface area contributed by atoms with Gasteiger partial charge < -0.3 is 16.2 Å². The second kappa shape index (κ2) is 5.95. The van der Waals surface area contributed by atoms with Gasteiger partial charge in [-0.1, -0.05) is 15.9 Å². The minimum absolute atomic E-state index is 0.283. The van der Waals surface area contributed by atoms with E-state index < -0.39 is 11.0 Å². The quantitative estimate of drug-likeness (QED) is 0.765. The molecule has 0 aliphatic carbocycles. The van der Waals surface area contributed by atoms with E-state index in [1.807, 2.05) is 0 Å². The zero-order chi connectivity index (χ0) is 16.7.